The minimum Gasteiger partial charge on any atom is -0.453 e. The molecule has 1 unspecified atom stereocenters. The van der Waals surface area contributed by atoms with Crippen molar-refractivity contribution in [2.75, 3.05) is 0 Å². The average molecular weight is 356 g/mol. The van der Waals surface area contributed by atoms with Crippen molar-refractivity contribution >= 4 is 15.9 Å². The molecule has 112 valence electrons. The van der Waals surface area contributed by atoms with Crippen molar-refractivity contribution in [3.63, 3.8) is 0 Å². The Morgan fingerprint density at radius 2 is 2.00 bits per heavy atom. The first-order valence-electron chi connectivity index (χ1n) is 6.67. The Labute approximate surface area is 131 Å². The molecule has 2 aromatic carbocycles. The third-order valence-corrected chi connectivity index (χ3v) is 3.78. The van der Waals surface area contributed by atoms with Gasteiger partial charge in [-0.15, -0.1) is 0 Å². The first-order valence-corrected chi connectivity index (χ1v) is 7.46. The number of halogens is 3. The fourth-order valence-corrected chi connectivity index (χ4v) is 2.36. The molecule has 0 heterocycles. The summed E-state index contributed by atoms with van der Waals surface area (Å²) in [6, 6.07) is 8.66. The van der Waals surface area contributed by atoms with Crippen LogP contribution in [0.3, 0.4) is 0 Å². The second-order valence-corrected chi connectivity index (χ2v) is 5.63. The highest BCUT2D eigenvalue weighted by molar-refractivity contribution is 9.10. The highest BCUT2D eigenvalue weighted by Gasteiger charge is 2.15. The van der Waals surface area contributed by atoms with E-state index < -0.39 is 11.6 Å². The van der Waals surface area contributed by atoms with E-state index in [1.807, 2.05) is 6.92 Å². The van der Waals surface area contributed by atoms with Crippen LogP contribution in [0.1, 0.15) is 18.9 Å². The Balaban J connectivity index is 2.34. The number of hydrogen-bond acceptors (Lipinski definition) is 2. The SMILES string of the molecule is CCC(N)Cc1cccc(F)c1Oc1ccc(F)cc1Br. The zero-order valence-electron chi connectivity index (χ0n) is 11.6. The minimum atomic E-state index is -0.466. The molecular weight excluding hydrogens is 340 g/mol. The zero-order chi connectivity index (χ0) is 15.4. The molecule has 0 fully saturated rings. The zero-order valence-corrected chi connectivity index (χ0v) is 13.2. The highest BCUT2D eigenvalue weighted by Crippen LogP contribution is 2.34. The van der Waals surface area contributed by atoms with Crippen molar-refractivity contribution in [2.45, 2.75) is 25.8 Å². The van der Waals surface area contributed by atoms with E-state index in [0.29, 0.717) is 22.2 Å². The van der Waals surface area contributed by atoms with Gasteiger partial charge in [0.15, 0.2) is 11.6 Å². The van der Waals surface area contributed by atoms with Gasteiger partial charge in [0.1, 0.15) is 11.6 Å². The van der Waals surface area contributed by atoms with Gasteiger partial charge in [-0.3, -0.25) is 0 Å². The van der Waals surface area contributed by atoms with E-state index in [0.717, 1.165) is 6.42 Å². The Hall–Kier alpha value is -1.46. The van der Waals surface area contributed by atoms with Crippen molar-refractivity contribution in [2.24, 2.45) is 5.73 Å². The van der Waals surface area contributed by atoms with Gasteiger partial charge in [-0.05, 0) is 58.6 Å². The topological polar surface area (TPSA) is 35.2 Å². The van der Waals surface area contributed by atoms with Crippen molar-refractivity contribution < 1.29 is 13.5 Å². The van der Waals surface area contributed by atoms with Crippen LogP contribution in [0.4, 0.5) is 8.78 Å². The summed E-state index contributed by atoms with van der Waals surface area (Å²) in [4.78, 5) is 0. The van der Waals surface area contributed by atoms with E-state index in [1.54, 1.807) is 12.1 Å². The molecule has 2 N–H and O–H groups in total. The maximum Gasteiger partial charge on any atom is 0.166 e. The quantitative estimate of drug-likeness (QED) is 0.835. The van der Waals surface area contributed by atoms with E-state index in [-0.39, 0.29) is 11.8 Å². The number of para-hydroxylation sites is 1. The molecule has 0 saturated carbocycles. The van der Waals surface area contributed by atoms with Crippen molar-refractivity contribution in [3.05, 3.63) is 58.1 Å². The summed E-state index contributed by atoms with van der Waals surface area (Å²) in [5.74, 6) is -0.371. The molecular formula is C16H16BrF2NO. The van der Waals surface area contributed by atoms with E-state index in [4.69, 9.17) is 10.5 Å². The Kier molecular flexibility index (Phi) is 5.31. The molecule has 0 bridgehead atoms. The summed E-state index contributed by atoms with van der Waals surface area (Å²) in [5.41, 5.74) is 6.63. The molecule has 2 rings (SSSR count). The lowest BCUT2D eigenvalue weighted by Gasteiger charge is -2.15. The third kappa shape index (κ3) is 4.02. The molecule has 0 aliphatic rings. The summed E-state index contributed by atoms with van der Waals surface area (Å²) in [7, 11) is 0. The maximum atomic E-state index is 14.0. The highest BCUT2D eigenvalue weighted by atomic mass is 79.9. The largest absolute Gasteiger partial charge is 0.453 e. The van der Waals surface area contributed by atoms with Gasteiger partial charge in [0.05, 0.1) is 4.47 Å². The van der Waals surface area contributed by atoms with Gasteiger partial charge in [0, 0.05) is 6.04 Å². The first-order chi connectivity index (χ1) is 10.0. The predicted molar refractivity (Wildman–Crippen MR) is 82.5 cm³/mol. The molecule has 2 aromatic rings. The van der Waals surface area contributed by atoms with Crippen molar-refractivity contribution in [1.82, 2.24) is 0 Å². The molecule has 0 aliphatic heterocycles. The maximum absolute atomic E-state index is 14.0. The normalized spacial score (nSPS) is 12.2. The van der Waals surface area contributed by atoms with E-state index >= 15 is 0 Å². The van der Waals surface area contributed by atoms with E-state index in [9.17, 15) is 8.78 Å². The van der Waals surface area contributed by atoms with Crippen LogP contribution in [0.2, 0.25) is 0 Å². The van der Waals surface area contributed by atoms with Gasteiger partial charge in [0.2, 0.25) is 0 Å². The van der Waals surface area contributed by atoms with Crippen LogP contribution in [0.5, 0.6) is 11.5 Å². The molecule has 0 amide bonds. The van der Waals surface area contributed by atoms with Crippen LogP contribution < -0.4 is 10.5 Å². The fourth-order valence-electron chi connectivity index (χ4n) is 1.92. The second kappa shape index (κ2) is 7.00. The molecule has 0 radical (unpaired) electrons. The van der Waals surface area contributed by atoms with Crippen molar-refractivity contribution in [3.8, 4) is 11.5 Å². The molecule has 0 aromatic heterocycles. The molecule has 0 spiro atoms. The Morgan fingerprint density at radius 1 is 1.24 bits per heavy atom. The predicted octanol–water partition coefficient (Wildman–Crippen LogP) is 4.80. The van der Waals surface area contributed by atoms with Crippen LogP contribution in [0.15, 0.2) is 40.9 Å². The Morgan fingerprint density at radius 3 is 2.67 bits per heavy atom. The number of ether oxygens (including phenoxy) is 1. The van der Waals surface area contributed by atoms with Gasteiger partial charge >= 0.3 is 0 Å². The summed E-state index contributed by atoms with van der Waals surface area (Å²) in [5, 5.41) is 0. The lowest BCUT2D eigenvalue weighted by molar-refractivity contribution is 0.430. The van der Waals surface area contributed by atoms with E-state index in [2.05, 4.69) is 15.9 Å². The molecule has 1 atom stereocenters. The molecule has 0 saturated heterocycles. The van der Waals surface area contributed by atoms with Crippen LogP contribution >= 0.6 is 15.9 Å². The van der Waals surface area contributed by atoms with Gasteiger partial charge < -0.3 is 10.5 Å². The monoisotopic (exact) mass is 355 g/mol. The molecule has 2 nitrogen and oxygen atoms in total. The number of rotatable bonds is 5. The van der Waals surface area contributed by atoms with Gasteiger partial charge in [0.25, 0.3) is 0 Å². The van der Waals surface area contributed by atoms with Crippen molar-refractivity contribution in [1.29, 1.82) is 0 Å². The molecule has 21 heavy (non-hydrogen) atoms. The van der Waals surface area contributed by atoms with Gasteiger partial charge in [-0.2, -0.15) is 0 Å². The van der Waals surface area contributed by atoms with Crippen LogP contribution in [0.25, 0.3) is 0 Å². The van der Waals surface area contributed by atoms with Crippen LogP contribution in [-0.4, -0.2) is 6.04 Å². The average Bonchev–Trinajstić information content (AvgIpc) is 2.44. The number of hydrogen-bond donors (Lipinski definition) is 1. The van der Waals surface area contributed by atoms with Gasteiger partial charge in [-0.1, -0.05) is 19.1 Å². The summed E-state index contributed by atoms with van der Waals surface area (Å²) in [6.07, 6.45) is 1.30. The minimum absolute atomic E-state index is 0.0641. The van der Waals surface area contributed by atoms with Gasteiger partial charge in [-0.25, -0.2) is 8.78 Å². The summed E-state index contributed by atoms with van der Waals surface area (Å²) >= 11 is 3.21. The lowest BCUT2D eigenvalue weighted by atomic mass is 10.0. The summed E-state index contributed by atoms with van der Waals surface area (Å²) in [6.45, 7) is 1.97. The summed E-state index contributed by atoms with van der Waals surface area (Å²) < 4.78 is 33.2. The fraction of sp³-hybridized carbons (Fsp3) is 0.250. The molecule has 0 aliphatic carbocycles. The first kappa shape index (κ1) is 15.9. The number of benzene rings is 2. The second-order valence-electron chi connectivity index (χ2n) is 4.78. The standard InChI is InChI=1S/C16H16BrF2NO/c1-2-12(20)8-10-4-3-5-14(19)16(10)21-15-7-6-11(18)9-13(15)17/h3-7,9,12H,2,8,20H2,1H3. The van der Waals surface area contributed by atoms with Crippen LogP contribution in [-0.2, 0) is 6.42 Å². The van der Waals surface area contributed by atoms with Crippen LogP contribution in [0, 0.1) is 11.6 Å². The Bertz CT molecular complexity index is 634. The smallest absolute Gasteiger partial charge is 0.166 e. The lowest BCUT2D eigenvalue weighted by Crippen LogP contribution is -2.21. The van der Waals surface area contributed by atoms with E-state index in [1.165, 1.54) is 24.3 Å². The third-order valence-electron chi connectivity index (χ3n) is 3.16. The number of nitrogens with two attached hydrogens (primary N) is 1. The molecule has 5 heteroatoms.